The van der Waals surface area contributed by atoms with Crippen LogP contribution in [0.15, 0.2) is 60.8 Å². The van der Waals surface area contributed by atoms with Gasteiger partial charge >= 0.3 is 0 Å². The number of nitrogens with one attached hydrogen (secondary N) is 2. The van der Waals surface area contributed by atoms with Crippen LogP contribution < -0.4 is 10.1 Å². The van der Waals surface area contributed by atoms with E-state index in [9.17, 15) is 0 Å². The first-order chi connectivity index (χ1) is 12.8. The number of rotatable bonds is 5. The van der Waals surface area contributed by atoms with Crippen molar-refractivity contribution in [1.82, 2.24) is 20.2 Å². The molecule has 6 heteroatoms. The van der Waals surface area contributed by atoms with Gasteiger partial charge in [-0.2, -0.15) is 0 Å². The van der Waals surface area contributed by atoms with Gasteiger partial charge in [0.15, 0.2) is 0 Å². The van der Waals surface area contributed by atoms with Crippen molar-refractivity contribution in [2.24, 2.45) is 0 Å². The molecule has 3 aromatic rings. The quantitative estimate of drug-likeness (QED) is 0.705. The number of hydrogen-bond acceptors (Lipinski definition) is 4. The van der Waals surface area contributed by atoms with Gasteiger partial charge < -0.3 is 15.0 Å². The molecular formula is C21H25ClN4O. The van der Waals surface area contributed by atoms with E-state index in [0.717, 1.165) is 49.0 Å². The van der Waals surface area contributed by atoms with Gasteiger partial charge in [0.05, 0.1) is 13.2 Å². The number of piperazine rings is 1. The lowest BCUT2D eigenvalue weighted by Gasteiger charge is -2.36. The second-order valence-corrected chi connectivity index (χ2v) is 6.56. The smallest absolute Gasteiger partial charge is 0.137 e. The van der Waals surface area contributed by atoms with Crippen LogP contribution in [0.25, 0.3) is 11.4 Å². The SMILES string of the molecule is COc1ccccc1C1CNCCN1Cc1cnc(-c2ccccc2)[nH]1.Cl. The molecule has 0 radical (unpaired) electrons. The van der Waals surface area contributed by atoms with E-state index < -0.39 is 0 Å². The van der Waals surface area contributed by atoms with Crippen molar-refractivity contribution in [3.8, 4) is 17.1 Å². The Morgan fingerprint density at radius 1 is 1.11 bits per heavy atom. The Bertz CT molecular complexity index is 852. The van der Waals surface area contributed by atoms with E-state index >= 15 is 0 Å². The molecule has 142 valence electrons. The number of para-hydroxylation sites is 1. The van der Waals surface area contributed by atoms with Crippen LogP contribution in [0.3, 0.4) is 0 Å². The molecular weight excluding hydrogens is 360 g/mol. The highest BCUT2D eigenvalue weighted by Crippen LogP contribution is 2.31. The van der Waals surface area contributed by atoms with Crippen molar-refractivity contribution in [3.63, 3.8) is 0 Å². The second kappa shape index (κ2) is 9.04. The molecule has 2 aromatic carbocycles. The standard InChI is InChI=1S/C21H24N4O.ClH/c1-26-20-10-6-5-9-18(20)19-14-22-11-12-25(19)15-17-13-23-21(24-17)16-7-3-2-4-8-16;/h2-10,13,19,22H,11-12,14-15H2,1H3,(H,23,24);1H. The average molecular weight is 385 g/mol. The molecule has 1 unspecified atom stereocenters. The fraction of sp³-hybridized carbons (Fsp3) is 0.286. The summed E-state index contributed by atoms with van der Waals surface area (Å²) in [7, 11) is 1.74. The lowest BCUT2D eigenvalue weighted by Crippen LogP contribution is -2.45. The van der Waals surface area contributed by atoms with Crippen molar-refractivity contribution in [2.75, 3.05) is 26.7 Å². The molecule has 1 aliphatic heterocycles. The molecule has 1 saturated heterocycles. The number of halogens is 1. The lowest BCUT2D eigenvalue weighted by molar-refractivity contribution is 0.149. The van der Waals surface area contributed by atoms with E-state index in [4.69, 9.17) is 4.74 Å². The fourth-order valence-electron chi connectivity index (χ4n) is 3.58. The first kappa shape index (κ1) is 19.4. The maximum atomic E-state index is 5.58. The molecule has 0 saturated carbocycles. The molecule has 1 atom stereocenters. The zero-order chi connectivity index (χ0) is 17.8. The molecule has 2 N–H and O–H groups in total. The van der Waals surface area contributed by atoms with Gasteiger partial charge in [-0.3, -0.25) is 4.90 Å². The Labute approximate surface area is 166 Å². The first-order valence-corrected chi connectivity index (χ1v) is 9.02. The van der Waals surface area contributed by atoms with E-state index in [1.807, 2.05) is 36.5 Å². The van der Waals surface area contributed by atoms with Gasteiger partial charge in [0.25, 0.3) is 0 Å². The van der Waals surface area contributed by atoms with Crippen LogP contribution in [0.1, 0.15) is 17.3 Å². The number of nitrogens with zero attached hydrogens (tertiary/aromatic N) is 2. The third-order valence-corrected chi connectivity index (χ3v) is 4.90. The number of aromatic nitrogens is 2. The van der Waals surface area contributed by atoms with Crippen LogP contribution in [0.2, 0.25) is 0 Å². The Morgan fingerprint density at radius 2 is 1.89 bits per heavy atom. The number of benzene rings is 2. The van der Waals surface area contributed by atoms with Gasteiger partial charge in [-0.1, -0.05) is 48.5 Å². The topological polar surface area (TPSA) is 53.2 Å². The highest BCUT2D eigenvalue weighted by molar-refractivity contribution is 5.85. The Kier molecular flexibility index (Phi) is 6.50. The van der Waals surface area contributed by atoms with Gasteiger partial charge in [-0.05, 0) is 6.07 Å². The molecule has 4 rings (SSSR count). The van der Waals surface area contributed by atoms with Crippen molar-refractivity contribution in [2.45, 2.75) is 12.6 Å². The summed E-state index contributed by atoms with van der Waals surface area (Å²) in [6.07, 6.45) is 1.95. The predicted molar refractivity (Wildman–Crippen MR) is 110 cm³/mol. The van der Waals surface area contributed by atoms with Gasteiger partial charge in [0.1, 0.15) is 11.6 Å². The summed E-state index contributed by atoms with van der Waals surface area (Å²) < 4.78 is 5.58. The van der Waals surface area contributed by atoms with E-state index in [2.05, 4.69) is 44.5 Å². The summed E-state index contributed by atoms with van der Waals surface area (Å²) in [6, 6.07) is 18.8. The summed E-state index contributed by atoms with van der Waals surface area (Å²) in [5, 5.41) is 3.51. The van der Waals surface area contributed by atoms with Crippen LogP contribution >= 0.6 is 12.4 Å². The minimum Gasteiger partial charge on any atom is -0.496 e. The zero-order valence-corrected chi connectivity index (χ0v) is 16.2. The van der Waals surface area contributed by atoms with Gasteiger partial charge in [-0.25, -0.2) is 4.98 Å². The number of H-pyrrole nitrogens is 1. The zero-order valence-electron chi connectivity index (χ0n) is 15.4. The summed E-state index contributed by atoms with van der Waals surface area (Å²) in [4.78, 5) is 10.5. The summed E-state index contributed by atoms with van der Waals surface area (Å²) >= 11 is 0. The van der Waals surface area contributed by atoms with Crippen molar-refractivity contribution in [3.05, 3.63) is 72.1 Å². The number of ether oxygens (including phenoxy) is 1. The molecule has 0 aliphatic carbocycles. The highest BCUT2D eigenvalue weighted by atomic mass is 35.5. The monoisotopic (exact) mass is 384 g/mol. The van der Waals surface area contributed by atoms with Crippen LogP contribution in [0.4, 0.5) is 0 Å². The predicted octanol–water partition coefficient (Wildman–Crippen LogP) is 3.65. The Balaban J connectivity index is 0.00000210. The molecule has 0 amide bonds. The molecule has 1 aliphatic rings. The highest BCUT2D eigenvalue weighted by Gasteiger charge is 2.26. The summed E-state index contributed by atoms with van der Waals surface area (Å²) in [6.45, 7) is 3.73. The summed E-state index contributed by atoms with van der Waals surface area (Å²) in [5.74, 6) is 1.87. The minimum atomic E-state index is 0. The van der Waals surface area contributed by atoms with Crippen LogP contribution in [0.5, 0.6) is 5.75 Å². The van der Waals surface area contributed by atoms with Crippen LogP contribution in [-0.2, 0) is 6.54 Å². The summed E-state index contributed by atoms with van der Waals surface area (Å²) in [5.41, 5.74) is 3.47. The molecule has 27 heavy (non-hydrogen) atoms. The number of imidazole rings is 1. The maximum absolute atomic E-state index is 5.58. The third-order valence-electron chi connectivity index (χ3n) is 4.90. The Morgan fingerprint density at radius 3 is 2.70 bits per heavy atom. The van der Waals surface area contributed by atoms with Crippen molar-refractivity contribution >= 4 is 12.4 Å². The normalized spacial score (nSPS) is 17.3. The first-order valence-electron chi connectivity index (χ1n) is 9.02. The molecule has 1 fully saturated rings. The third kappa shape index (κ3) is 4.33. The van der Waals surface area contributed by atoms with E-state index in [1.165, 1.54) is 5.56 Å². The average Bonchev–Trinajstić information content (AvgIpc) is 3.18. The van der Waals surface area contributed by atoms with Crippen LogP contribution in [0, 0.1) is 0 Å². The van der Waals surface area contributed by atoms with Gasteiger partial charge in [0, 0.05) is 49.2 Å². The lowest BCUT2D eigenvalue weighted by atomic mass is 10.0. The number of methoxy groups -OCH3 is 1. The number of aromatic amines is 1. The van der Waals surface area contributed by atoms with Gasteiger partial charge in [0.2, 0.25) is 0 Å². The van der Waals surface area contributed by atoms with E-state index in [-0.39, 0.29) is 18.4 Å². The molecule has 1 aromatic heterocycles. The molecule has 0 bridgehead atoms. The van der Waals surface area contributed by atoms with Crippen LogP contribution in [-0.4, -0.2) is 41.6 Å². The molecule has 5 nitrogen and oxygen atoms in total. The minimum absolute atomic E-state index is 0. The van der Waals surface area contributed by atoms with Gasteiger partial charge in [-0.15, -0.1) is 12.4 Å². The van der Waals surface area contributed by atoms with Crippen molar-refractivity contribution < 1.29 is 4.74 Å². The molecule has 0 spiro atoms. The van der Waals surface area contributed by atoms with E-state index in [0.29, 0.717) is 0 Å². The van der Waals surface area contributed by atoms with Crippen molar-refractivity contribution in [1.29, 1.82) is 0 Å². The molecule has 2 heterocycles. The second-order valence-electron chi connectivity index (χ2n) is 6.56. The van der Waals surface area contributed by atoms with E-state index in [1.54, 1.807) is 7.11 Å². The Hall–Kier alpha value is -2.34. The fourth-order valence-corrected chi connectivity index (χ4v) is 3.58. The number of hydrogen-bond donors (Lipinski definition) is 2. The maximum Gasteiger partial charge on any atom is 0.137 e. The largest absolute Gasteiger partial charge is 0.496 e.